The fourth-order valence-corrected chi connectivity index (χ4v) is 3.10. The van der Waals surface area contributed by atoms with Crippen molar-refractivity contribution in [3.8, 4) is 0 Å². The lowest BCUT2D eigenvalue weighted by atomic mass is 9.96. The van der Waals surface area contributed by atoms with Crippen molar-refractivity contribution in [2.75, 3.05) is 33.7 Å². The topological polar surface area (TPSA) is 48.9 Å². The second-order valence-corrected chi connectivity index (χ2v) is 6.07. The van der Waals surface area contributed by atoms with Gasteiger partial charge >= 0.3 is 6.18 Å². The van der Waals surface area contributed by atoms with Crippen LogP contribution in [0.3, 0.4) is 0 Å². The number of hydrogen-bond acceptors (Lipinski definition) is 3. The third-order valence-electron chi connectivity index (χ3n) is 4.11. The third-order valence-corrected chi connectivity index (χ3v) is 4.11. The van der Waals surface area contributed by atoms with E-state index in [2.05, 4.69) is 15.6 Å². The molecule has 0 spiro atoms. The fraction of sp³-hybridized carbons (Fsp3) is 0.929. The zero-order valence-corrected chi connectivity index (χ0v) is 13.1. The van der Waals surface area contributed by atoms with Crippen LogP contribution in [0.4, 0.5) is 13.2 Å². The second-order valence-electron chi connectivity index (χ2n) is 6.07. The first-order valence-corrected chi connectivity index (χ1v) is 7.75. The minimum absolute atomic E-state index is 0.265. The van der Waals surface area contributed by atoms with Crippen molar-refractivity contribution in [1.82, 2.24) is 15.5 Å². The van der Waals surface area contributed by atoms with Crippen LogP contribution in [-0.4, -0.2) is 69.0 Å². The molecule has 5 nitrogen and oxygen atoms in total. The van der Waals surface area contributed by atoms with Crippen molar-refractivity contribution >= 4 is 5.96 Å². The molecule has 3 atom stereocenters. The lowest BCUT2D eigenvalue weighted by Crippen LogP contribution is -2.47. The highest BCUT2D eigenvalue weighted by Crippen LogP contribution is 2.34. The molecule has 2 saturated heterocycles. The molecule has 0 aromatic heterocycles. The van der Waals surface area contributed by atoms with Crippen LogP contribution in [0.5, 0.6) is 0 Å². The van der Waals surface area contributed by atoms with Crippen LogP contribution < -0.4 is 10.6 Å². The molecule has 3 unspecified atom stereocenters. The molecule has 128 valence electrons. The molecule has 22 heavy (non-hydrogen) atoms. The van der Waals surface area contributed by atoms with Crippen LogP contribution in [0.2, 0.25) is 0 Å². The fourth-order valence-electron chi connectivity index (χ4n) is 3.10. The highest BCUT2D eigenvalue weighted by Gasteiger charge is 2.41. The Hall–Kier alpha value is -1.02. The Balaban J connectivity index is 1.61. The highest BCUT2D eigenvalue weighted by atomic mass is 19.4. The number of nitrogens with zero attached hydrogens (tertiary/aromatic N) is 2. The summed E-state index contributed by atoms with van der Waals surface area (Å²) in [5.74, 6) is 0.694. The number of alkyl halides is 3. The predicted octanol–water partition coefficient (Wildman–Crippen LogP) is 1.36. The second kappa shape index (κ2) is 7.50. The molecule has 2 aliphatic rings. The third kappa shape index (κ3) is 5.31. The van der Waals surface area contributed by atoms with Gasteiger partial charge in [-0.3, -0.25) is 9.89 Å². The van der Waals surface area contributed by atoms with Gasteiger partial charge < -0.3 is 15.4 Å². The van der Waals surface area contributed by atoms with Crippen LogP contribution >= 0.6 is 0 Å². The smallest absolute Gasteiger partial charge is 0.373 e. The van der Waals surface area contributed by atoms with Gasteiger partial charge in [-0.2, -0.15) is 13.2 Å². The maximum atomic E-state index is 12.2. The number of rotatable bonds is 6. The van der Waals surface area contributed by atoms with Crippen LogP contribution in [0.15, 0.2) is 4.99 Å². The summed E-state index contributed by atoms with van der Waals surface area (Å²) in [6.07, 6.45) is 0.349. The quantitative estimate of drug-likeness (QED) is 0.440. The number of ether oxygens (including phenoxy) is 1. The first kappa shape index (κ1) is 17.3. The molecule has 2 fully saturated rings. The van der Waals surface area contributed by atoms with Crippen molar-refractivity contribution in [3.63, 3.8) is 0 Å². The normalized spacial score (nSPS) is 28.5. The molecule has 2 aliphatic heterocycles. The minimum Gasteiger partial charge on any atom is -0.373 e. The highest BCUT2D eigenvalue weighted by molar-refractivity contribution is 5.80. The summed E-state index contributed by atoms with van der Waals surface area (Å²) in [6, 6.07) is 0.290. The molecule has 2 rings (SSSR count). The molecule has 2 N–H and O–H groups in total. The molecular formula is C14H25F3N4O. The van der Waals surface area contributed by atoms with E-state index in [1.54, 1.807) is 7.05 Å². The summed E-state index contributed by atoms with van der Waals surface area (Å²) in [5.41, 5.74) is 0. The van der Waals surface area contributed by atoms with E-state index in [4.69, 9.17) is 4.74 Å². The largest absolute Gasteiger partial charge is 0.401 e. The number of nitrogens with one attached hydrogen (secondary N) is 2. The average Bonchev–Trinajstić information content (AvgIpc) is 3.02. The lowest BCUT2D eigenvalue weighted by molar-refractivity contribution is -0.143. The summed E-state index contributed by atoms with van der Waals surface area (Å²) < 4.78 is 42.4. The van der Waals surface area contributed by atoms with Gasteiger partial charge in [-0.15, -0.1) is 0 Å². The molecule has 2 bridgehead atoms. The van der Waals surface area contributed by atoms with Crippen molar-refractivity contribution in [3.05, 3.63) is 0 Å². The Labute approximate surface area is 129 Å². The summed E-state index contributed by atoms with van der Waals surface area (Å²) in [7, 11) is 3.17. The Morgan fingerprint density at radius 1 is 1.36 bits per heavy atom. The molecule has 0 saturated carbocycles. The van der Waals surface area contributed by atoms with Crippen molar-refractivity contribution in [1.29, 1.82) is 0 Å². The van der Waals surface area contributed by atoms with E-state index in [-0.39, 0.29) is 12.1 Å². The lowest BCUT2D eigenvalue weighted by Gasteiger charge is -2.23. The molecular weight excluding hydrogens is 297 g/mol. The maximum absolute atomic E-state index is 12.2. The molecule has 0 aromatic carbocycles. The van der Waals surface area contributed by atoms with Gasteiger partial charge in [0.1, 0.15) is 0 Å². The monoisotopic (exact) mass is 322 g/mol. The average molecular weight is 322 g/mol. The van der Waals surface area contributed by atoms with Crippen molar-refractivity contribution < 1.29 is 17.9 Å². The first-order valence-electron chi connectivity index (χ1n) is 7.75. The van der Waals surface area contributed by atoms with Crippen LogP contribution in [0.25, 0.3) is 0 Å². The van der Waals surface area contributed by atoms with Gasteiger partial charge in [0.2, 0.25) is 0 Å². The van der Waals surface area contributed by atoms with E-state index in [0.29, 0.717) is 31.6 Å². The number of guanidine groups is 1. The number of fused-ring (bicyclic) bond motifs is 2. The number of halogens is 3. The molecule has 0 aromatic rings. The first-order chi connectivity index (χ1) is 10.4. The molecule has 0 amide bonds. The van der Waals surface area contributed by atoms with Crippen molar-refractivity contribution in [2.24, 2.45) is 4.99 Å². The van der Waals surface area contributed by atoms with Gasteiger partial charge in [0.05, 0.1) is 24.8 Å². The molecule has 0 aliphatic carbocycles. The molecule has 8 heteroatoms. The Bertz CT molecular complexity index is 389. The van der Waals surface area contributed by atoms with E-state index >= 15 is 0 Å². The number of aliphatic imine (C=N–C) groups is 1. The maximum Gasteiger partial charge on any atom is 0.401 e. The van der Waals surface area contributed by atoms with Crippen LogP contribution in [0.1, 0.15) is 25.7 Å². The number of hydrogen-bond donors (Lipinski definition) is 2. The van der Waals surface area contributed by atoms with Gasteiger partial charge in [0.25, 0.3) is 0 Å². The van der Waals surface area contributed by atoms with E-state index in [1.807, 2.05) is 0 Å². The Morgan fingerprint density at radius 3 is 2.68 bits per heavy atom. The Morgan fingerprint density at radius 2 is 2.14 bits per heavy atom. The SMILES string of the molecule is CN=C(NCCCN(C)CC(F)(F)F)NC1CC2CCC1O2. The predicted molar refractivity (Wildman–Crippen MR) is 79.0 cm³/mol. The zero-order valence-electron chi connectivity index (χ0n) is 13.1. The van der Waals surface area contributed by atoms with E-state index in [0.717, 1.165) is 19.3 Å². The van der Waals surface area contributed by atoms with Crippen LogP contribution in [-0.2, 0) is 4.74 Å². The van der Waals surface area contributed by atoms with Gasteiger partial charge in [-0.25, -0.2) is 0 Å². The summed E-state index contributed by atoms with van der Waals surface area (Å²) in [6.45, 7) is 0.104. The van der Waals surface area contributed by atoms with Gasteiger partial charge in [-0.05, 0) is 39.3 Å². The van der Waals surface area contributed by atoms with Crippen molar-refractivity contribution in [2.45, 2.75) is 50.1 Å². The van der Waals surface area contributed by atoms with Crippen LogP contribution in [0, 0.1) is 0 Å². The molecule has 2 heterocycles. The standard InChI is InChI=1S/C14H25F3N4O/c1-18-13(20-11-8-10-4-5-12(11)22-10)19-6-3-7-21(2)9-14(15,16)17/h10-12H,3-9H2,1-2H3,(H2,18,19,20). The van der Waals surface area contributed by atoms with E-state index in [1.165, 1.54) is 11.9 Å². The van der Waals surface area contributed by atoms with Gasteiger partial charge in [0, 0.05) is 13.6 Å². The Kier molecular flexibility index (Phi) is 5.91. The summed E-state index contributed by atoms with van der Waals surface area (Å²) >= 11 is 0. The minimum atomic E-state index is -4.14. The van der Waals surface area contributed by atoms with Gasteiger partial charge in [0.15, 0.2) is 5.96 Å². The molecule has 0 radical (unpaired) electrons. The summed E-state index contributed by atoms with van der Waals surface area (Å²) in [5, 5.41) is 6.49. The van der Waals surface area contributed by atoms with Gasteiger partial charge in [-0.1, -0.05) is 0 Å². The van der Waals surface area contributed by atoms with E-state index < -0.39 is 12.7 Å². The summed E-state index contributed by atoms with van der Waals surface area (Å²) in [4.78, 5) is 5.44. The van der Waals surface area contributed by atoms with E-state index in [9.17, 15) is 13.2 Å². The zero-order chi connectivity index (χ0) is 16.2.